The fourth-order valence-corrected chi connectivity index (χ4v) is 0.871. The molecule has 0 fully saturated rings. The highest BCUT2D eigenvalue weighted by Gasteiger charge is 2.16. The number of carbonyl (C=O) groups is 2. The molecule has 0 aliphatic rings. The van der Waals surface area contributed by atoms with E-state index in [2.05, 4.69) is 12.2 Å². The third kappa shape index (κ3) is 5.36. The van der Waals surface area contributed by atoms with Crippen molar-refractivity contribution >= 4 is 11.7 Å². The van der Waals surface area contributed by atoms with Crippen LogP contribution in [0.5, 0.6) is 0 Å². The van der Waals surface area contributed by atoms with Gasteiger partial charge in [-0.1, -0.05) is 19.8 Å². The molecule has 0 aromatic heterocycles. The molecule has 0 heterocycles. The number of rotatable bonds is 6. The van der Waals surface area contributed by atoms with Gasteiger partial charge in [-0.2, -0.15) is 0 Å². The first-order chi connectivity index (χ1) is 6.09. The second-order valence-electron chi connectivity index (χ2n) is 3.12. The molecule has 0 aromatic carbocycles. The molecule has 0 radical (unpaired) electrons. The van der Waals surface area contributed by atoms with Crippen molar-refractivity contribution in [3.05, 3.63) is 0 Å². The van der Waals surface area contributed by atoms with E-state index in [1.807, 2.05) is 0 Å². The second-order valence-corrected chi connectivity index (χ2v) is 3.12. The molecule has 13 heavy (non-hydrogen) atoms. The van der Waals surface area contributed by atoms with Gasteiger partial charge in [0.25, 0.3) is 5.91 Å². The molecule has 0 saturated carbocycles. The van der Waals surface area contributed by atoms with E-state index in [0.717, 1.165) is 19.3 Å². The molecule has 1 amide bonds. The van der Waals surface area contributed by atoms with Gasteiger partial charge in [0.05, 0.1) is 6.04 Å². The summed E-state index contributed by atoms with van der Waals surface area (Å²) < 4.78 is 0. The summed E-state index contributed by atoms with van der Waals surface area (Å²) in [6, 6.07) is -0.703. The molecule has 0 aliphatic heterocycles. The van der Waals surface area contributed by atoms with Crippen molar-refractivity contribution in [2.24, 2.45) is 5.73 Å². The quantitative estimate of drug-likeness (QED) is 0.460. The Morgan fingerprint density at radius 3 is 2.46 bits per heavy atom. The molecule has 0 saturated heterocycles. The zero-order chi connectivity index (χ0) is 10.3. The highest BCUT2D eigenvalue weighted by molar-refractivity contribution is 6.37. The minimum atomic E-state index is -0.703. The van der Waals surface area contributed by atoms with Gasteiger partial charge in [0, 0.05) is 6.54 Å². The van der Waals surface area contributed by atoms with Crippen molar-refractivity contribution in [1.82, 2.24) is 5.32 Å². The smallest absolute Gasteiger partial charge is 0.289 e. The summed E-state index contributed by atoms with van der Waals surface area (Å²) in [7, 11) is 0. The van der Waals surface area contributed by atoms with E-state index in [0.29, 0.717) is 6.54 Å². The van der Waals surface area contributed by atoms with Crippen LogP contribution in [0.4, 0.5) is 0 Å². The van der Waals surface area contributed by atoms with E-state index >= 15 is 0 Å². The first kappa shape index (κ1) is 12.1. The fraction of sp³-hybridized carbons (Fsp3) is 0.778. The van der Waals surface area contributed by atoms with Crippen molar-refractivity contribution in [1.29, 1.82) is 0 Å². The van der Waals surface area contributed by atoms with Crippen LogP contribution in [0.15, 0.2) is 0 Å². The Kier molecular flexibility index (Phi) is 6.14. The Balaban J connectivity index is 3.57. The van der Waals surface area contributed by atoms with Crippen LogP contribution in [0, 0.1) is 0 Å². The highest BCUT2D eigenvalue weighted by atomic mass is 16.2. The standard InChI is InChI=1S/C9H18N2O2/c1-3-4-5-6-11-9(13)8(12)7(2)10/h7H,3-6,10H2,1-2H3,(H,11,13)/t7-/m0/s1. The molecule has 0 unspecified atom stereocenters. The third-order valence-electron chi connectivity index (χ3n) is 1.70. The molecule has 0 bridgehead atoms. The van der Waals surface area contributed by atoms with Crippen molar-refractivity contribution in [3.8, 4) is 0 Å². The summed E-state index contributed by atoms with van der Waals surface area (Å²) in [5, 5.41) is 2.53. The van der Waals surface area contributed by atoms with Gasteiger partial charge in [-0.25, -0.2) is 0 Å². The average Bonchev–Trinajstić information content (AvgIpc) is 2.10. The maximum absolute atomic E-state index is 11.0. The van der Waals surface area contributed by atoms with Gasteiger partial charge in [-0.15, -0.1) is 0 Å². The topological polar surface area (TPSA) is 72.2 Å². The number of carbonyl (C=O) groups excluding carboxylic acids is 2. The number of amides is 1. The van der Waals surface area contributed by atoms with Crippen LogP contribution in [0.1, 0.15) is 33.1 Å². The molecule has 0 rings (SSSR count). The second kappa shape index (κ2) is 6.60. The van der Waals surface area contributed by atoms with Crippen molar-refractivity contribution in [3.63, 3.8) is 0 Å². The minimum Gasteiger partial charge on any atom is -0.349 e. The van der Waals surface area contributed by atoms with E-state index in [-0.39, 0.29) is 0 Å². The van der Waals surface area contributed by atoms with Gasteiger partial charge in [0.1, 0.15) is 0 Å². The van der Waals surface area contributed by atoms with Crippen LogP contribution in [-0.2, 0) is 9.59 Å². The van der Waals surface area contributed by atoms with Gasteiger partial charge in [-0.05, 0) is 13.3 Å². The Labute approximate surface area is 78.9 Å². The maximum Gasteiger partial charge on any atom is 0.289 e. The Bertz CT molecular complexity index is 178. The number of unbranched alkanes of at least 4 members (excludes halogenated alkanes) is 2. The van der Waals surface area contributed by atoms with Crippen molar-refractivity contribution < 1.29 is 9.59 Å². The van der Waals surface area contributed by atoms with Crippen molar-refractivity contribution in [2.45, 2.75) is 39.2 Å². The summed E-state index contributed by atoms with van der Waals surface area (Å²) >= 11 is 0. The molecule has 0 aliphatic carbocycles. The number of hydrogen-bond donors (Lipinski definition) is 2. The molecule has 1 atom stereocenters. The monoisotopic (exact) mass is 186 g/mol. The van der Waals surface area contributed by atoms with Crippen LogP contribution in [0.25, 0.3) is 0 Å². The molecule has 0 aromatic rings. The summed E-state index contributed by atoms with van der Waals surface area (Å²) in [4.78, 5) is 22.0. The number of nitrogens with one attached hydrogen (secondary N) is 1. The van der Waals surface area contributed by atoms with Gasteiger partial charge in [0.2, 0.25) is 5.78 Å². The SMILES string of the molecule is CCCCCNC(=O)C(=O)[C@H](C)N. The molecule has 3 N–H and O–H groups in total. The van der Waals surface area contributed by atoms with E-state index in [9.17, 15) is 9.59 Å². The Morgan fingerprint density at radius 2 is 2.00 bits per heavy atom. The lowest BCUT2D eigenvalue weighted by Gasteiger charge is -2.05. The molecule has 4 heteroatoms. The number of ketones is 1. The molecule has 76 valence electrons. The summed E-state index contributed by atoms with van der Waals surface area (Å²) in [5.41, 5.74) is 5.26. The van der Waals surface area contributed by atoms with Gasteiger partial charge in [0.15, 0.2) is 0 Å². The van der Waals surface area contributed by atoms with Gasteiger partial charge >= 0.3 is 0 Å². The number of nitrogens with two attached hydrogens (primary N) is 1. The van der Waals surface area contributed by atoms with Crippen LogP contribution < -0.4 is 11.1 Å². The van der Waals surface area contributed by atoms with Crippen LogP contribution in [0.3, 0.4) is 0 Å². The lowest BCUT2D eigenvalue weighted by Crippen LogP contribution is -2.41. The van der Waals surface area contributed by atoms with Crippen LogP contribution in [-0.4, -0.2) is 24.3 Å². The van der Waals surface area contributed by atoms with Gasteiger partial charge in [-0.3, -0.25) is 9.59 Å². The molecular weight excluding hydrogens is 168 g/mol. The van der Waals surface area contributed by atoms with E-state index in [4.69, 9.17) is 5.73 Å². The van der Waals surface area contributed by atoms with E-state index in [1.165, 1.54) is 6.92 Å². The van der Waals surface area contributed by atoms with Gasteiger partial charge < -0.3 is 11.1 Å². The molecular formula is C9H18N2O2. The van der Waals surface area contributed by atoms with E-state index in [1.54, 1.807) is 0 Å². The molecule has 4 nitrogen and oxygen atoms in total. The normalized spacial score (nSPS) is 12.2. The number of Topliss-reactive ketones (excluding diaryl/α,β-unsaturated/α-hetero) is 1. The lowest BCUT2D eigenvalue weighted by molar-refractivity contribution is -0.138. The van der Waals surface area contributed by atoms with E-state index < -0.39 is 17.7 Å². The largest absolute Gasteiger partial charge is 0.349 e. The fourth-order valence-electron chi connectivity index (χ4n) is 0.871. The molecule has 0 spiro atoms. The average molecular weight is 186 g/mol. The Morgan fingerprint density at radius 1 is 1.38 bits per heavy atom. The Hall–Kier alpha value is -0.900. The summed E-state index contributed by atoms with van der Waals surface area (Å²) in [6.45, 7) is 4.15. The van der Waals surface area contributed by atoms with Crippen molar-refractivity contribution in [2.75, 3.05) is 6.54 Å². The predicted octanol–water partition coefficient (Wildman–Crippen LogP) is 0.209. The zero-order valence-electron chi connectivity index (χ0n) is 8.30. The van der Waals surface area contributed by atoms with Crippen LogP contribution in [0.2, 0.25) is 0 Å². The third-order valence-corrected chi connectivity index (χ3v) is 1.70. The van der Waals surface area contributed by atoms with Crippen LogP contribution >= 0.6 is 0 Å². The number of hydrogen-bond acceptors (Lipinski definition) is 3. The predicted molar refractivity (Wildman–Crippen MR) is 51.2 cm³/mol. The minimum absolute atomic E-state index is 0.545. The first-order valence-corrected chi connectivity index (χ1v) is 4.67. The summed E-state index contributed by atoms with van der Waals surface area (Å²) in [5.74, 6) is -1.11. The maximum atomic E-state index is 11.0. The zero-order valence-corrected chi connectivity index (χ0v) is 8.30. The summed E-state index contributed by atoms with van der Waals surface area (Å²) in [6.07, 6.45) is 3.07. The highest BCUT2D eigenvalue weighted by Crippen LogP contribution is 1.91. The first-order valence-electron chi connectivity index (χ1n) is 4.67. The lowest BCUT2D eigenvalue weighted by atomic mass is 10.2.